The van der Waals surface area contributed by atoms with E-state index in [9.17, 15) is 0 Å². The molecule has 0 saturated heterocycles. The maximum Gasteiger partial charge on any atom is 0.0731 e. The zero-order valence-electron chi connectivity index (χ0n) is 54.3. The molecule has 3 aliphatic rings. The highest BCUT2D eigenvalue weighted by Gasteiger charge is 2.55. The highest BCUT2D eigenvalue weighted by molar-refractivity contribution is 6.10. The molecule has 3 aliphatic carbocycles. The molecule has 0 fully saturated rings. The van der Waals surface area contributed by atoms with Crippen molar-refractivity contribution in [1.82, 2.24) is 0 Å². The summed E-state index contributed by atoms with van der Waals surface area (Å²) in [6.07, 6.45) is 0. The van der Waals surface area contributed by atoms with Gasteiger partial charge in [-0.05, 0) is 187 Å². The van der Waals surface area contributed by atoms with Gasteiger partial charge in [0.1, 0.15) is 0 Å². The molecule has 0 nitrogen and oxygen atoms in total. The van der Waals surface area contributed by atoms with Gasteiger partial charge in [-0.15, -0.1) is 0 Å². The van der Waals surface area contributed by atoms with Crippen LogP contribution in [-0.2, 0) is 16.2 Å². The topological polar surface area (TPSA) is 0 Å². The van der Waals surface area contributed by atoms with Crippen molar-refractivity contribution >= 4 is 64.6 Å². The quantitative estimate of drug-likeness (QED) is 0.142. The molecular formula is C99H62. The first-order valence-corrected chi connectivity index (χ1v) is 34.8. The van der Waals surface area contributed by atoms with Gasteiger partial charge < -0.3 is 0 Å². The summed E-state index contributed by atoms with van der Waals surface area (Å²) in [6.45, 7) is 0. The Bertz CT molecular complexity index is 6180. The lowest BCUT2D eigenvalue weighted by Gasteiger charge is -2.40. The van der Waals surface area contributed by atoms with E-state index >= 15 is 0 Å². The second kappa shape index (κ2) is 21.3. The summed E-state index contributed by atoms with van der Waals surface area (Å²) in [7, 11) is 0. The minimum Gasteiger partial charge on any atom is -0.0619 e. The van der Waals surface area contributed by atoms with Crippen LogP contribution in [0.3, 0.4) is 0 Å². The molecule has 18 aromatic rings. The van der Waals surface area contributed by atoms with E-state index in [-0.39, 0.29) is 0 Å². The molecule has 0 N–H and O–H groups in total. The van der Waals surface area contributed by atoms with E-state index in [1.165, 1.54) is 187 Å². The van der Waals surface area contributed by atoms with Gasteiger partial charge in [0.15, 0.2) is 0 Å². The fourth-order valence-corrected chi connectivity index (χ4v) is 19.5. The first kappa shape index (κ1) is 55.8. The van der Waals surface area contributed by atoms with E-state index in [1.54, 1.807) is 0 Å². The molecule has 18 aromatic carbocycles. The van der Waals surface area contributed by atoms with Gasteiger partial charge in [-0.1, -0.05) is 376 Å². The van der Waals surface area contributed by atoms with Gasteiger partial charge >= 0.3 is 0 Å². The molecule has 21 rings (SSSR count). The third-order valence-corrected chi connectivity index (χ3v) is 23.0. The van der Waals surface area contributed by atoms with E-state index < -0.39 is 16.2 Å². The van der Waals surface area contributed by atoms with Crippen LogP contribution in [0.15, 0.2) is 376 Å². The Kier molecular flexibility index (Phi) is 12.0. The normalized spacial score (nSPS) is 14.1. The Balaban J connectivity index is 1.02. The molecule has 0 bridgehead atoms. The largest absolute Gasteiger partial charge is 0.0731 e. The third kappa shape index (κ3) is 7.42. The van der Waals surface area contributed by atoms with Crippen LogP contribution in [0, 0.1) is 0 Å². The monoisotopic (exact) mass is 1250 g/mol. The Labute approximate surface area is 575 Å². The highest BCUT2D eigenvalue weighted by atomic mass is 14.6. The Hall–Kier alpha value is -12.5. The van der Waals surface area contributed by atoms with Crippen molar-refractivity contribution in [3.63, 3.8) is 0 Å². The molecule has 0 atom stereocenters. The maximum absolute atomic E-state index is 2.56. The van der Waals surface area contributed by atoms with Crippen molar-refractivity contribution in [2.75, 3.05) is 0 Å². The molecule has 0 spiro atoms. The predicted octanol–water partition coefficient (Wildman–Crippen LogP) is 25.0. The van der Waals surface area contributed by atoms with Crippen LogP contribution in [0.5, 0.6) is 0 Å². The number of hydrogen-bond acceptors (Lipinski definition) is 0. The minimum absolute atomic E-state index is 0.851. The van der Waals surface area contributed by atoms with Crippen molar-refractivity contribution in [3.8, 4) is 55.6 Å². The first-order valence-electron chi connectivity index (χ1n) is 34.8. The Morgan fingerprint density at radius 2 is 0.313 bits per heavy atom. The molecule has 0 heteroatoms. The maximum atomic E-state index is 2.56. The molecule has 0 aliphatic heterocycles. The van der Waals surface area contributed by atoms with Crippen molar-refractivity contribution in [3.05, 3.63) is 443 Å². The summed E-state index contributed by atoms with van der Waals surface area (Å²) in [6, 6.07) is 145. The van der Waals surface area contributed by atoms with Crippen LogP contribution < -0.4 is 0 Å². The van der Waals surface area contributed by atoms with Gasteiger partial charge in [-0.25, -0.2) is 0 Å². The fourth-order valence-electron chi connectivity index (χ4n) is 19.5. The standard InChI is InChI=1S/C99H62/c1-7-39-69-63(27-1)33-19-55-84(69)97(85-56-20-34-64-28-2-8-40-70(64)85)90-52-16-13-45-75(90)79-48-25-50-81(94(79)97)78-61-62-82-77-47-15-18-54-92(77)99(88-59-23-37-67-31-5-11-43-73(67)88,89-60-24-38-68-32-6-12-44-74(68)89)96(82)93(78)83-51-26-49-80-76-46-14-17-53-91(76)98(95(80)83,86-57-21-35-65-29-3-9-41-71(65)86)87-58-22-36-66-30-4-10-42-72(66)87/h1-62H. The summed E-state index contributed by atoms with van der Waals surface area (Å²) in [5, 5.41) is 14.6. The van der Waals surface area contributed by atoms with Crippen LogP contribution in [0.2, 0.25) is 0 Å². The minimum atomic E-state index is -0.933. The molecular weight excluding hydrogens is 1190 g/mol. The van der Waals surface area contributed by atoms with E-state index in [0.29, 0.717) is 0 Å². The molecule has 0 radical (unpaired) electrons. The molecule has 0 heterocycles. The number of hydrogen-bond donors (Lipinski definition) is 0. The smallest absolute Gasteiger partial charge is 0.0619 e. The molecule has 0 aromatic heterocycles. The summed E-state index contributed by atoms with van der Waals surface area (Å²) in [5.41, 5.74) is 24.7. The Morgan fingerprint density at radius 1 is 0.121 bits per heavy atom. The summed E-state index contributed by atoms with van der Waals surface area (Å²) in [4.78, 5) is 0. The number of benzene rings is 18. The van der Waals surface area contributed by atoms with Crippen LogP contribution in [0.25, 0.3) is 120 Å². The Morgan fingerprint density at radius 3 is 0.636 bits per heavy atom. The summed E-state index contributed by atoms with van der Waals surface area (Å²) >= 11 is 0. The van der Waals surface area contributed by atoms with Gasteiger partial charge in [0.2, 0.25) is 0 Å². The SMILES string of the molecule is c1ccc2c(c1)-c1cccc(-c3ccc4c(c3-c3cccc5c3C(c3cccc6ccccc36)(c3cccc6ccccc36)c3ccccc3-5)C(c3cccc5ccccc35)(c3cccc5ccccc35)c3ccccc3-4)c1C2(c1cccc2ccccc12)c1cccc2ccccc12. The van der Waals surface area contributed by atoms with Crippen molar-refractivity contribution in [1.29, 1.82) is 0 Å². The summed E-state index contributed by atoms with van der Waals surface area (Å²) < 4.78 is 0. The molecule has 458 valence electrons. The zero-order valence-corrected chi connectivity index (χ0v) is 54.3. The van der Waals surface area contributed by atoms with Crippen LogP contribution in [0.4, 0.5) is 0 Å². The van der Waals surface area contributed by atoms with E-state index in [1.807, 2.05) is 0 Å². The molecule has 0 amide bonds. The van der Waals surface area contributed by atoms with Gasteiger partial charge in [0.25, 0.3) is 0 Å². The second-order valence-electron chi connectivity index (χ2n) is 27.4. The van der Waals surface area contributed by atoms with E-state index in [4.69, 9.17) is 0 Å². The highest BCUT2D eigenvalue weighted by Crippen LogP contribution is 2.68. The lowest BCUT2D eigenvalue weighted by atomic mass is 9.60. The molecule has 99 heavy (non-hydrogen) atoms. The van der Waals surface area contributed by atoms with E-state index in [2.05, 4.69) is 376 Å². The fraction of sp³-hybridized carbons (Fsp3) is 0.0303. The van der Waals surface area contributed by atoms with Gasteiger partial charge in [0.05, 0.1) is 16.2 Å². The van der Waals surface area contributed by atoms with Crippen LogP contribution in [-0.4, -0.2) is 0 Å². The second-order valence-corrected chi connectivity index (χ2v) is 27.4. The van der Waals surface area contributed by atoms with Gasteiger partial charge in [-0.2, -0.15) is 0 Å². The van der Waals surface area contributed by atoms with Crippen LogP contribution >= 0.6 is 0 Å². The van der Waals surface area contributed by atoms with Gasteiger partial charge in [-0.3, -0.25) is 0 Å². The van der Waals surface area contributed by atoms with Crippen molar-refractivity contribution in [2.24, 2.45) is 0 Å². The molecule has 0 unspecified atom stereocenters. The molecule has 0 saturated carbocycles. The summed E-state index contributed by atoms with van der Waals surface area (Å²) in [5.74, 6) is 0. The predicted molar refractivity (Wildman–Crippen MR) is 414 cm³/mol. The average Bonchev–Trinajstić information content (AvgIpc) is 1.54. The number of fused-ring (bicyclic) bond motifs is 15. The van der Waals surface area contributed by atoms with Gasteiger partial charge in [0, 0.05) is 0 Å². The van der Waals surface area contributed by atoms with Crippen LogP contribution in [0.1, 0.15) is 66.8 Å². The van der Waals surface area contributed by atoms with Crippen molar-refractivity contribution < 1.29 is 0 Å². The van der Waals surface area contributed by atoms with E-state index in [0.717, 1.165) is 0 Å². The zero-order chi connectivity index (χ0) is 65.0. The lowest BCUT2D eigenvalue weighted by molar-refractivity contribution is 0.776. The average molecular weight is 1250 g/mol. The third-order valence-electron chi connectivity index (χ3n) is 23.0. The van der Waals surface area contributed by atoms with Crippen molar-refractivity contribution in [2.45, 2.75) is 16.2 Å². The lowest BCUT2D eigenvalue weighted by Crippen LogP contribution is -2.32. The first-order chi connectivity index (χ1) is 49.2. The number of rotatable bonds is 8.